The molecule has 3 nitrogen and oxygen atoms in total. The highest BCUT2D eigenvalue weighted by Gasteiger charge is 2.40. The van der Waals surface area contributed by atoms with Gasteiger partial charge in [-0.1, -0.05) is 60.7 Å². The summed E-state index contributed by atoms with van der Waals surface area (Å²) in [5.74, 6) is 2.21. The van der Waals surface area contributed by atoms with E-state index in [0.29, 0.717) is 6.42 Å². The average molecular weight is 450 g/mol. The summed E-state index contributed by atoms with van der Waals surface area (Å²) >= 11 is 3.93. The summed E-state index contributed by atoms with van der Waals surface area (Å²) in [6.45, 7) is 5.27. The average Bonchev–Trinajstić information content (AvgIpc) is 2.69. The quantitative estimate of drug-likeness (QED) is 0.612. The van der Waals surface area contributed by atoms with E-state index in [0.717, 1.165) is 23.5 Å². The third-order valence-electron chi connectivity index (χ3n) is 5.14. The summed E-state index contributed by atoms with van der Waals surface area (Å²) in [6, 6.07) is 20.6. The number of nitrogens with one attached hydrogen (secondary N) is 1. The van der Waals surface area contributed by atoms with Gasteiger partial charge in [0.15, 0.2) is 0 Å². The van der Waals surface area contributed by atoms with Gasteiger partial charge in [-0.25, -0.2) is 13.1 Å². The van der Waals surface area contributed by atoms with E-state index < -0.39 is 14.8 Å². The minimum atomic E-state index is -3.45. The fourth-order valence-electron chi connectivity index (χ4n) is 3.44. The van der Waals surface area contributed by atoms with Gasteiger partial charge in [-0.05, 0) is 62.7 Å². The van der Waals surface area contributed by atoms with E-state index in [9.17, 15) is 8.42 Å². The third kappa shape index (κ3) is 5.81. The van der Waals surface area contributed by atoms with Gasteiger partial charge in [0.1, 0.15) is 0 Å². The lowest BCUT2D eigenvalue weighted by atomic mass is 9.99. The molecule has 1 unspecified atom stereocenters. The molecule has 1 aliphatic rings. The summed E-state index contributed by atoms with van der Waals surface area (Å²) < 4.78 is 28.1. The van der Waals surface area contributed by atoms with E-state index >= 15 is 0 Å². The van der Waals surface area contributed by atoms with Crippen LogP contribution in [0.3, 0.4) is 0 Å². The first-order valence-electron chi connectivity index (χ1n) is 10.1. The second-order valence-corrected chi connectivity index (χ2v) is 14.0. The van der Waals surface area contributed by atoms with Crippen molar-refractivity contribution in [3.63, 3.8) is 0 Å². The van der Waals surface area contributed by atoms with Crippen LogP contribution in [0.5, 0.6) is 0 Å². The van der Waals surface area contributed by atoms with E-state index in [1.807, 2.05) is 47.8 Å². The van der Waals surface area contributed by atoms with Crippen molar-refractivity contribution in [1.82, 2.24) is 4.72 Å². The molecule has 1 fully saturated rings. The lowest BCUT2D eigenvalue weighted by Gasteiger charge is -2.40. The van der Waals surface area contributed by atoms with E-state index in [1.165, 1.54) is 12.0 Å². The highest BCUT2D eigenvalue weighted by molar-refractivity contribution is 8.18. The Kier molecular flexibility index (Phi) is 7.41. The molecule has 0 bridgehead atoms. The zero-order valence-corrected chi connectivity index (χ0v) is 19.9. The number of hydrogen-bond donors (Lipinski definition) is 1. The van der Waals surface area contributed by atoms with Crippen molar-refractivity contribution < 1.29 is 8.42 Å². The predicted octanol–water partition coefficient (Wildman–Crippen LogP) is 5.43. The van der Waals surface area contributed by atoms with Gasteiger partial charge in [0.2, 0.25) is 10.0 Å². The van der Waals surface area contributed by atoms with Gasteiger partial charge in [-0.3, -0.25) is 0 Å². The molecule has 0 aliphatic carbocycles. The van der Waals surface area contributed by atoms with E-state index in [1.54, 1.807) is 20.8 Å². The van der Waals surface area contributed by atoms with Gasteiger partial charge < -0.3 is 0 Å². The molecule has 1 heterocycles. The van der Waals surface area contributed by atoms with Gasteiger partial charge in [0.05, 0.1) is 8.83 Å². The Morgan fingerprint density at radius 2 is 1.52 bits per heavy atom. The van der Waals surface area contributed by atoms with Crippen LogP contribution in [0.15, 0.2) is 60.7 Å². The Labute approximate surface area is 184 Å². The Bertz CT molecular complexity index is 871. The zero-order chi connectivity index (χ0) is 21.0. The van der Waals surface area contributed by atoms with Crippen LogP contribution in [-0.4, -0.2) is 30.7 Å². The fraction of sp³-hybridized carbons (Fsp3) is 0.478. The van der Waals surface area contributed by atoms with Crippen LogP contribution in [0.4, 0.5) is 0 Å². The van der Waals surface area contributed by atoms with Crippen LogP contribution in [0.1, 0.15) is 44.7 Å². The third-order valence-corrected chi connectivity index (χ3v) is 10.8. The molecule has 1 N–H and O–H groups in total. The van der Waals surface area contributed by atoms with Crippen molar-refractivity contribution in [3.8, 4) is 0 Å². The van der Waals surface area contributed by atoms with Crippen molar-refractivity contribution >= 4 is 33.5 Å². The van der Waals surface area contributed by atoms with Crippen molar-refractivity contribution in [1.29, 1.82) is 0 Å². The molecule has 0 saturated carbocycles. The summed E-state index contributed by atoms with van der Waals surface area (Å²) in [5, 5.41) is 0. The second kappa shape index (κ2) is 9.46. The van der Waals surface area contributed by atoms with Gasteiger partial charge >= 0.3 is 0 Å². The summed E-state index contributed by atoms with van der Waals surface area (Å²) in [5.41, 5.74) is 2.44. The highest BCUT2D eigenvalue weighted by atomic mass is 32.2. The van der Waals surface area contributed by atoms with E-state index in [4.69, 9.17) is 0 Å². The summed E-state index contributed by atoms with van der Waals surface area (Å²) in [6.07, 6.45) is 2.64. The molecule has 1 atom stereocenters. The molecule has 0 amide bonds. The molecule has 6 heteroatoms. The lowest BCUT2D eigenvalue weighted by molar-refractivity contribution is 0.492. The van der Waals surface area contributed by atoms with E-state index in [-0.39, 0.29) is 10.1 Å². The van der Waals surface area contributed by atoms with Crippen LogP contribution in [0.2, 0.25) is 0 Å². The Morgan fingerprint density at radius 1 is 0.966 bits per heavy atom. The first kappa shape index (κ1) is 22.7. The smallest absolute Gasteiger partial charge is 0.212 e. The van der Waals surface area contributed by atoms with Gasteiger partial charge in [-0.2, -0.15) is 0 Å². The minimum absolute atomic E-state index is 0.126. The molecule has 0 aromatic heterocycles. The number of rotatable bonds is 7. The monoisotopic (exact) mass is 449 g/mol. The maximum Gasteiger partial charge on any atom is 0.216 e. The first-order chi connectivity index (χ1) is 13.7. The maximum absolute atomic E-state index is 13.0. The molecular weight excluding hydrogens is 418 g/mol. The number of thioether (sulfide) groups is 2. The SMILES string of the molecule is CC(C)(C)S(=O)(=O)NC(Cc1ccccc1)CC1(c2ccccc2)SCCCS1. The highest BCUT2D eigenvalue weighted by Crippen LogP contribution is 2.53. The molecule has 158 valence electrons. The van der Waals surface area contributed by atoms with Gasteiger partial charge in [-0.15, -0.1) is 23.5 Å². The van der Waals surface area contributed by atoms with Crippen LogP contribution >= 0.6 is 23.5 Å². The lowest BCUT2D eigenvalue weighted by Crippen LogP contribution is -2.47. The summed E-state index contributed by atoms with van der Waals surface area (Å²) in [7, 11) is -3.45. The minimum Gasteiger partial charge on any atom is -0.212 e. The maximum atomic E-state index is 13.0. The first-order valence-corrected chi connectivity index (χ1v) is 13.6. The standard InChI is InChI=1S/C23H31NO2S3/c1-22(2,3)29(25,26)24-21(17-19-11-6-4-7-12-19)18-23(27-15-10-16-28-23)20-13-8-5-9-14-20/h4-9,11-14,21,24H,10,15-18H2,1-3H3. The van der Waals surface area contributed by atoms with Crippen molar-refractivity contribution in [2.75, 3.05) is 11.5 Å². The summed E-state index contributed by atoms with van der Waals surface area (Å²) in [4.78, 5) is 0. The van der Waals surface area contributed by atoms with Crippen LogP contribution in [-0.2, 0) is 20.5 Å². The van der Waals surface area contributed by atoms with Crippen molar-refractivity contribution in [2.24, 2.45) is 0 Å². The second-order valence-electron chi connectivity index (χ2n) is 8.49. The predicted molar refractivity (Wildman–Crippen MR) is 128 cm³/mol. The van der Waals surface area contributed by atoms with E-state index in [2.05, 4.69) is 41.1 Å². The molecule has 1 saturated heterocycles. The topological polar surface area (TPSA) is 46.2 Å². The normalized spacial score (nSPS) is 18.3. The molecule has 1 aliphatic heterocycles. The Balaban J connectivity index is 1.93. The van der Waals surface area contributed by atoms with Crippen LogP contribution < -0.4 is 4.72 Å². The molecule has 2 aromatic carbocycles. The number of hydrogen-bond acceptors (Lipinski definition) is 4. The van der Waals surface area contributed by atoms with Gasteiger partial charge in [0.25, 0.3) is 0 Å². The van der Waals surface area contributed by atoms with Gasteiger partial charge in [0, 0.05) is 6.04 Å². The van der Waals surface area contributed by atoms with Crippen molar-refractivity contribution in [3.05, 3.63) is 71.8 Å². The zero-order valence-electron chi connectivity index (χ0n) is 17.4. The largest absolute Gasteiger partial charge is 0.216 e. The molecule has 2 aromatic rings. The molecule has 0 radical (unpaired) electrons. The molecule has 3 rings (SSSR count). The van der Waals surface area contributed by atoms with Crippen LogP contribution in [0.25, 0.3) is 0 Å². The molecule has 29 heavy (non-hydrogen) atoms. The number of sulfonamides is 1. The van der Waals surface area contributed by atoms with Crippen molar-refractivity contribution in [2.45, 2.75) is 54.9 Å². The number of benzene rings is 2. The molecule has 0 spiro atoms. The van der Waals surface area contributed by atoms with Crippen LogP contribution in [0, 0.1) is 0 Å². The molecular formula is C23H31NO2S3. The Hall–Kier alpha value is -0.950. The Morgan fingerprint density at radius 3 is 2.07 bits per heavy atom. The fourth-order valence-corrected chi connectivity index (χ4v) is 7.90.